The summed E-state index contributed by atoms with van der Waals surface area (Å²) in [5.74, 6) is 0.568. The van der Waals surface area contributed by atoms with Gasteiger partial charge < -0.3 is 4.52 Å². The maximum absolute atomic E-state index is 11.9. The van der Waals surface area contributed by atoms with Crippen molar-refractivity contribution in [3.8, 4) is 0 Å². The molecule has 102 valence electrons. The first-order chi connectivity index (χ1) is 9.05. The molecule has 0 aliphatic heterocycles. The molecule has 0 fully saturated rings. The summed E-state index contributed by atoms with van der Waals surface area (Å²) >= 11 is 0. The molecule has 6 heteroatoms. The van der Waals surface area contributed by atoms with Crippen LogP contribution < -0.4 is 0 Å². The van der Waals surface area contributed by atoms with Crippen LogP contribution in [0.1, 0.15) is 23.7 Å². The van der Waals surface area contributed by atoms with Crippen LogP contribution in [0.4, 0.5) is 0 Å². The van der Waals surface area contributed by atoms with E-state index in [4.69, 9.17) is 4.52 Å². The maximum atomic E-state index is 11.9. The van der Waals surface area contributed by atoms with E-state index in [1.807, 2.05) is 30.3 Å². The van der Waals surface area contributed by atoms with Crippen LogP contribution in [-0.2, 0) is 22.0 Å². The molecule has 0 saturated heterocycles. The van der Waals surface area contributed by atoms with Crippen molar-refractivity contribution in [1.82, 2.24) is 10.1 Å². The lowest BCUT2D eigenvalue weighted by atomic mass is 10.1. The number of aromatic nitrogens is 2. The monoisotopic (exact) mass is 280 g/mol. The fourth-order valence-electron chi connectivity index (χ4n) is 1.80. The molecule has 5 nitrogen and oxygen atoms in total. The van der Waals surface area contributed by atoms with Crippen molar-refractivity contribution in [3.05, 3.63) is 47.6 Å². The molecule has 19 heavy (non-hydrogen) atoms. The van der Waals surface area contributed by atoms with Crippen LogP contribution in [0.2, 0.25) is 0 Å². The average Bonchev–Trinajstić information content (AvgIpc) is 2.75. The molecule has 0 saturated carbocycles. The number of rotatable bonds is 6. The summed E-state index contributed by atoms with van der Waals surface area (Å²) in [6, 6.07) is 9.83. The predicted octanol–water partition coefficient (Wildman–Crippen LogP) is 1.93. The van der Waals surface area contributed by atoms with Gasteiger partial charge in [-0.3, -0.25) is 0 Å². The molecule has 0 N–H and O–H groups in total. The zero-order valence-electron chi connectivity index (χ0n) is 10.7. The molecule has 0 bridgehead atoms. The Morgan fingerprint density at radius 3 is 2.58 bits per heavy atom. The first-order valence-corrected chi connectivity index (χ1v) is 7.91. The minimum absolute atomic E-state index is 0.128. The molecule has 2 rings (SSSR count). The van der Waals surface area contributed by atoms with Crippen LogP contribution in [0, 0.1) is 6.92 Å². The van der Waals surface area contributed by atoms with Crippen molar-refractivity contribution in [1.29, 1.82) is 0 Å². The van der Waals surface area contributed by atoms with E-state index in [1.165, 1.54) is 0 Å². The summed E-state index contributed by atoms with van der Waals surface area (Å²) in [4.78, 5) is 3.91. The highest BCUT2D eigenvalue weighted by Gasteiger charge is 2.16. The highest BCUT2D eigenvalue weighted by Crippen LogP contribution is 2.08. The Labute approximate surface area is 112 Å². The molecule has 0 atom stereocenters. The quantitative estimate of drug-likeness (QED) is 0.808. The fourth-order valence-corrected chi connectivity index (χ4v) is 3.02. The van der Waals surface area contributed by atoms with E-state index in [2.05, 4.69) is 10.1 Å². The molecule has 1 aromatic carbocycles. The summed E-state index contributed by atoms with van der Waals surface area (Å²) < 4.78 is 28.6. The van der Waals surface area contributed by atoms with Gasteiger partial charge in [-0.2, -0.15) is 4.98 Å². The van der Waals surface area contributed by atoms with Gasteiger partial charge in [0.05, 0.1) is 5.75 Å². The fraction of sp³-hybridized carbons (Fsp3) is 0.385. The molecule has 0 amide bonds. The van der Waals surface area contributed by atoms with Crippen molar-refractivity contribution in [2.75, 3.05) is 5.75 Å². The Morgan fingerprint density at radius 2 is 1.95 bits per heavy atom. The van der Waals surface area contributed by atoms with Crippen LogP contribution in [-0.4, -0.2) is 24.3 Å². The zero-order valence-corrected chi connectivity index (χ0v) is 11.6. The standard InChI is InChI=1S/C13H16N2O3S/c1-11-14-13(18-15-11)10-19(16,17)9-5-8-12-6-3-2-4-7-12/h2-4,6-7H,5,8-10H2,1H3. The van der Waals surface area contributed by atoms with E-state index in [-0.39, 0.29) is 17.4 Å². The summed E-state index contributed by atoms with van der Waals surface area (Å²) in [6.45, 7) is 1.66. The summed E-state index contributed by atoms with van der Waals surface area (Å²) in [5, 5.41) is 3.58. The van der Waals surface area contributed by atoms with E-state index in [1.54, 1.807) is 6.92 Å². The molecule has 0 radical (unpaired) electrons. The van der Waals surface area contributed by atoms with Crippen molar-refractivity contribution in [3.63, 3.8) is 0 Å². The Bertz CT molecular complexity index is 620. The lowest BCUT2D eigenvalue weighted by molar-refractivity contribution is 0.384. The first kappa shape index (κ1) is 13.7. The highest BCUT2D eigenvalue weighted by atomic mass is 32.2. The Hall–Kier alpha value is -1.69. The number of nitrogens with zero attached hydrogens (tertiary/aromatic N) is 2. The van der Waals surface area contributed by atoms with E-state index in [9.17, 15) is 8.42 Å². The minimum atomic E-state index is -3.19. The smallest absolute Gasteiger partial charge is 0.241 e. The van der Waals surface area contributed by atoms with Crippen molar-refractivity contribution in [2.24, 2.45) is 0 Å². The normalized spacial score (nSPS) is 11.6. The number of sulfone groups is 1. The third-order valence-corrected chi connectivity index (χ3v) is 4.27. The van der Waals surface area contributed by atoms with Crippen molar-refractivity contribution < 1.29 is 12.9 Å². The van der Waals surface area contributed by atoms with Gasteiger partial charge in [-0.25, -0.2) is 8.42 Å². The SMILES string of the molecule is Cc1noc(CS(=O)(=O)CCCc2ccccc2)n1. The van der Waals surface area contributed by atoms with Gasteiger partial charge in [-0.05, 0) is 25.3 Å². The van der Waals surface area contributed by atoms with E-state index < -0.39 is 9.84 Å². The van der Waals surface area contributed by atoms with Gasteiger partial charge in [0.25, 0.3) is 0 Å². The number of benzene rings is 1. The molecule has 0 aliphatic rings. The van der Waals surface area contributed by atoms with Gasteiger partial charge >= 0.3 is 0 Å². The second-order valence-electron chi connectivity index (χ2n) is 4.42. The van der Waals surface area contributed by atoms with Crippen LogP contribution in [0.15, 0.2) is 34.9 Å². The van der Waals surface area contributed by atoms with Gasteiger partial charge in [-0.15, -0.1) is 0 Å². The number of aryl methyl sites for hydroxylation is 2. The van der Waals surface area contributed by atoms with Gasteiger partial charge in [-0.1, -0.05) is 35.5 Å². The topological polar surface area (TPSA) is 73.1 Å². The Balaban J connectivity index is 1.84. The second-order valence-corrected chi connectivity index (χ2v) is 6.60. The molecule has 1 aromatic heterocycles. The van der Waals surface area contributed by atoms with E-state index in [0.717, 1.165) is 12.0 Å². The molecular weight excluding hydrogens is 264 g/mol. The summed E-state index contributed by atoms with van der Waals surface area (Å²) in [7, 11) is -3.19. The zero-order chi connectivity index (χ0) is 13.7. The van der Waals surface area contributed by atoms with Gasteiger partial charge in [0.2, 0.25) is 5.89 Å². The van der Waals surface area contributed by atoms with Crippen LogP contribution >= 0.6 is 0 Å². The average molecular weight is 280 g/mol. The summed E-state index contributed by atoms with van der Waals surface area (Å²) in [5.41, 5.74) is 1.14. The molecular formula is C13H16N2O3S. The molecule has 2 aromatic rings. The molecule has 0 spiro atoms. The van der Waals surface area contributed by atoms with Gasteiger partial charge in [0.1, 0.15) is 5.75 Å². The summed E-state index contributed by atoms with van der Waals surface area (Å²) in [6.07, 6.45) is 1.35. The molecule has 0 aliphatic carbocycles. The number of hydrogen-bond acceptors (Lipinski definition) is 5. The lowest BCUT2D eigenvalue weighted by Gasteiger charge is -2.02. The maximum Gasteiger partial charge on any atom is 0.241 e. The highest BCUT2D eigenvalue weighted by molar-refractivity contribution is 7.90. The third kappa shape index (κ3) is 4.48. The van der Waals surface area contributed by atoms with E-state index in [0.29, 0.717) is 12.2 Å². The van der Waals surface area contributed by atoms with Gasteiger partial charge in [0, 0.05) is 0 Å². The van der Waals surface area contributed by atoms with E-state index >= 15 is 0 Å². The molecule has 0 unspecified atom stereocenters. The van der Waals surface area contributed by atoms with Crippen LogP contribution in [0.3, 0.4) is 0 Å². The Kier molecular flexibility index (Phi) is 4.31. The predicted molar refractivity (Wildman–Crippen MR) is 71.3 cm³/mol. The Morgan fingerprint density at radius 1 is 1.21 bits per heavy atom. The lowest BCUT2D eigenvalue weighted by Crippen LogP contribution is -2.10. The molecule has 1 heterocycles. The number of hydrogen-bond donors (Lipinski definition) is 0. The first-order valence-electron chi connectivity index (χ1n) is 6.09. The van der Waals surface area contributed by atoms with Crippen molar-refractivity contribution in [2.45, 2.75) is 25.5 Å². The largest absolute Gasteiger partial charge is 0.338 e. The second kappa shape index (κ2) is 5.97. The van der Waals surface area contributed by atoms with Crippen LogP contribution in [0.25, 0.3) is 0 Å². The van der Waals surface area contributed by atoms with Crippen LogP contribution in [0.5, 0.6) is 0 Å². The van der Waals surface area contributed by atoms with Gasteiger partial charge in [0.15, 0.2) is 15.7 Å². The minimum Gasteiger partial charge on any atom is -0.338 e. The van der Waals surface area contributed by atoms with Crippen molar-refractivity contribution >= 4 is 9.84 Å². The third-order valence-electron chi connectivity index (χ3n) is 2.68.